The highest BCUT2D eigenvalue weighted by Crippen LogP contribution is 2.27. The quantitative estimate of drug-likeness (QED) is 0.819. The molecular weight excluding hydrogens is 234 g/mol. The predicted octanol–water partition coefficient (Wildman–Crippen LogP) is 2.58. The predicted molar refractivity (Wildman–Crippen MR) is 69.0 cm³/mol. The monoisotopic (exact) mass is 249 g/mol. The van der Waals surface area contributed by atoms with E-state index in [1.807, 2.05) is 18.2 Å². The molecule has 1 aliphatic heterocycles. The number of aliphatic hydroxyl groups is 1. The van der Waals surface area contributed by atoms with Gasteiger partial charge in [-0.2, -0.15) is 0 Å². The highest BCUT2D eigenvalue weighted by molar-refractivity contribution is 7.99. The van der Waals surface area contributed by atoms with Crippen molar-refractivity contribution >= 4 is 17.7 Å². The molecule has 2 rings (SSSR count). The minimum absolute atomic E-state index is 0.0207. The Morgan fingerprint density at radius 3 is 3.00 bits per heavy atom. The van der Waals surface area contributed by atoms with E-state index in [1.54, 1.807) is 16.7 Å². The van der Waals surface area contributed by atoms with Gasteiger partial charge in [0.05, 0.1) is 12.2 Å². The average molecular weight is 249 g/mol. The summed E-state index contributed by atoms with van der Waals surface area (Å²) >= 11 is 1.77. The van der Waals surface area contributed by atoms with Gasteiger partial charge < -0.3 is 10.0 Å². The number of nitrogens with zero attached hydrogens (tertiary/aromatic N) is 1. The normalized spacial score (nSPS) is 14.9. The lowest BCUT2D eigenvalue weighted by Gasteiger charge is -2.20. The van der Waals surface area contributed by atoms with Crippen molar-refractivity contribution in [2.75, 3.05) is 12.3 Å². The minimum Gasteiger partial charge on any atom is -0.512 e. The highest BCUT2D eigenvalue weighted by atomic mass is 32.2. The van der Waals surface area contributed by atoms with Crippen molar-refractivity contribution in [2.24, 2.45) is 0 Å². The smallest absolute Gasteiger partial charge is 0.230 e. The molecule has 1 aliphatic rings. The van der Waals surface area contributed by atoms with Crippen LogP contribution in [0, 0.1) is 0 Å². The van der Waals surface area contributed by atoms with Crippen LogP contribution in [0.25, 0.3) is 0 Å². The molecule has 0 aliphatic carbocycles. The Morgan fingerprint density at radius 1 is 1.47 bits per heavy atom. The molecule has 0 atom stereocenters. The fourth-order valence-electron chi connectivity index (χ4n) is 1.82. The maximum atomic E-state index is 11.9. The summed E-state index contributed by atoms with van der Waals surface area (Å²) in [6.07, 6.45) is 0.0207. The van der Waals surface area contributed by atoms with Gasteiger partial charge in [0.25, 0.3) is 0 Å². The van der Waals surface area contributed by atoms with E-state index in [1.165, 1.54) is 10.5 Å². The van der Waals surface area contributed by atoms with Crippen LogP contribution >= 0.6 is 11.8 Å². The third-order valence-corrected chi connectivity index (χ3v) is 3.76. The van der Waals surface area contributed by atoms with Gasteiger partial charge in [0.2, 0.25) is 5.91 Å². The van der Waals surface area contributed by atoms with Crippen LogP contribution < -0.4 is 0 Å². The van der Waals surface area contributed by atoms with E-state index in [0.717, 1.165) is 5.75 Å². The lowest BCUT2D eigenvalue weighted by molar-refractivity contribution is -0.131. The first-order valence-electron chi connectivity index (χ1n) is 5.52. The number of rotatable bonds is 2. The molecule has 1 amide bonds. The van der Waals surface area contributed by atoms with Gasteiger partial charge in [-0.25, -0.2) is 0 Å². The summed E-state index contributed by atoms with van der Waals surface area (Å²) < 4.78 is 0. The Kier molecular flexibility index (Phi) is 3.74. The van der Waals surface area contributed by atoms with Crippen molar-refractivity contribution in [2.45, 2.75) is 17.9 Å². The zero-order valence-electron chi connectivity index (χ0n) is 9.56. The van der Waals surface area contributed by atoms with Crippen LogP contribution in [0.2, 0.25) is 0 Å². The van der Waals surface area contributed by atoms with Crippen LogP contribution in [0.1, 0.15) is 12.0 Å². The second kappa shape index (κ2) is 5.27. The molecule has 0 saturated heterocycles. The summed E-state index contributed by atoms with van der Waals surface area (Å²) in [5.74, 6) is 0.760. The van der Waals surface area contributed by atoms with Crippen molar-refractivity contribution in [3.05, 3.63) is 42.2 Å². The minimum atomic E-state index is -0.0693. The third kappa shape index (κ3) is 3.03. The van der Waals surface area contributed by atoms with Gasteiger partial charge in [-0.05, 0) is 11.6 Å². The summed E-state index contributed by atoms with van der Waals surface area (Å²) in [5.41, 5.74) is 1.17. The van der Waals surface area contributed by atoms with Gasteiger partial charge in [-0.1, -0.05) is 24.8 Å². The van der Waals surface area contributed by atoms with E-state index in [9.17, 15) is 4.79 Å². The molecule has 4 heteroatoms. The number of hydrogen-bond acceptors (Lipinski definition) is 3. The fraction of sp³-hybridized carbons (Fsp3) is 0.308. The van der Waals surface area contributed by atoms with Crippen LogP contribution in [0.5, 0.6) is 0 Å². The number of carbonyl (C=O) groups excluding carboxylic acids is 1. The lowest BCUT2D eigenvalue weighted by atomic mass is 10.2. The van der Waals surface area contributed by atoms with Gasteiger partial charge >= 0.3 is 0 Å². The van der Waals surface area contributed by atoms with E-state index in [0.29, 0.717) is 13.1 Å². The molecule has 1 aromatic carbocycles. The van der Waals surface area contributed by atoms with Gasteiger partial charge in [0.1, 0.15) is 0 Å². The Bertz CT molecular complexity index is 445. The third-order valence-electron chi connectivity index (χ3n) is 2.66. The number of carbonyl (C=O) groups is 1. The molecule has 1 aromatic rings. The average Bonchev–Trinajstić information content (AvgIpc) is 2.49. The number of aliphatic hydroxyl groups excluding tert-OH is 1. The van der Waals surface area contributed by atoms with Gasteiger partial charge in [0, 0.05) is 23.7 Å². The zero-order chi connectivity index (χ0) is 12.3. The fourth-order valence-corrected chi connectivity index (χ4v) is 2.85. The van der Waals surface area contributed by atoms with E-state index in [4.69, 9.17) is 5.11 Å². The molecule has 1 heterocycles. The second-order valence-corrected chi connectivity index (χ2v) is 5.15. The summed E-state index contributed by atoms with van der Waals surface area (Å²) in [5, 5.41) is 9.07. The van der Waals surface area contributed by atoms with Crippen LogP contribution in [-0.2, 0) is 11.3 Å². The van der Waals surface area contributed by atoms with E-state index < -0.39 is 0 Å². The molecule has 1 N–H and O–H groups in total. The number of hydrogen-bond donors (Lipinski definition) is 1. The van der Waals surface area contributed by atoms with E-state index in [2.05, 4.69) is 12.6 Å². The number of fused-ring (bicyclic) bond motifs is 1. The van der Waals surface area contributed by atoms with Crippen LogP contribution in [0.15, 0.2) is 41.5 Å². The first kappa shape index (κ1) is 12.0. The Balaban J connectivity index is 2.13. The maximum absolute atomic E-state index is 11.9. The number of benzene rings is 1. The van der Waals surface area contributed by atoms with E-state index >= 15 is 0 Å². The summed E-state index contributed by atoms with van der Waals surface area (Å²) in [6, 6.07) is 8.12. The molecule has 0 unspecified atom stereocenters. The van der Waals surface area contributed by atoms with Gasteiger partial charge in [0.15, 0.2) is 0 Å². The molecule has 0 spiro atoms. The number of thioether (sulfide) groups is 1. The van der Waals surface area contributed by atoms with Crippen molar-refractivity contribution in [1.29, 1.82) is 0 Å². The van der Waals surface area contributed by atoms with Crippen LogP contribution in [-0.4, -0.2) is 28.2 Å². The van der Waals surface area contributed by atoms with Crippen molar-refractivity contribution < 1.29 is 9.90 Å². The second-order valence-electron chi connectivity index (χ2n) is 4.01. The molecule has 0 aromatic heterocycles. The van der Waals surface area contributed by atoms with Crippen molar-refractivity contribution in [3.63, 3.8) is 0 Å². The Labute approximate surface area is 105 Å². The molecular formula is C13H15NO2S. The molecule has 0 fully saturated rings. The van der Waals surface area contributed by atoms with Crippen molar-refractivity contribution in [1.82, 2.24) is 4.90 Å². The summed E-state index contributed by atoms with van der Waals surface area (Å²) in [4.78, 5) is 14.9. The maximum Gasteiger partial charge on any atom is 0.230 e. The van der Waals surface area contributed by atoms with Gasteiger partial charge in [-0.3, -0.25) is 4.79 Å². The summed E-state index contributed by atoms with van der Waals surface area (Å²) in [7, 11) is 0. The number of amides is 1. The molecule has 0 bridgehead atoms. The van der Waals surface area contributed by atoms with Crippen LogP contribution in [0.4, 0.5) is 0 Å². The van der Waals surface area contributed by atoms with Crippen molar-refractivity contribution in [3.8, 4) is 0 Å². The SMILES string of the molecule is C=C(O)CC(=O)N1CCSc2ccccc2C1. The molecule has 0 radical (unpaired) electrons. The Morgan fingerprint density at radius 2 is 2.24 bits per heavy atom. The zero-order valence-corrected chi connectivity index (χ0v) is 10.4. The molecule has 0 saturated carbocycles. The Hall–Kier alpha value is -1.42. The van der Waals surface area contributed by atoms with Crippen LogP contribution in [0.3, 0.4) is 0 Å². The first-order chi connectivity index (χ1) is 8.16. The first-order valence-corrected chi connectivity index (χ1v) is 6.50. The van der Waals surface area contributed by atoms with Gasteiger partial charge in [-0.15, -0.1) is 11.8 Å². The molecule has 17 heavy (non-hydrogen) atoms. The lowest BCUT2D eigenvalue weighted by Crippen LogP contribution is -2.31. The standard InChI is InChI=1S/C13H15NO2S/c1-10(15)8-13(16)14-6-7-17-12-5-3-2-4-11(12)9-14/h2-5,15H,1,6-9H2. The largest absolute Gasteiger partial charge is 0.512 e. The molecule has 90 valence electrons. The molecule has 3 nitrogen and oxygen atoms in total. The highest BCUT2D eigenvalue weighted by Gasteiger charge is 2.19. The topological polar surface area (TPSA) is 40.5 Å². The van der Waals surface area contributed by atoms with E-state index in [-0.39, 0.29) is 18.1 Å². The summed E-state index contributed by atoms with van der Waals surface area (Å²) in [6.45, 7) is 4.69.